The van der Waals surface area contributed by atoms with Crippen molar-refractivity contribution < 1.29 is 9.47 Å². The van der Waals surface area contributed by atoms with Crippen LogP contribution in [0.3, 0.4) is 0 Å². The molecule has 4 nitrogen and oxygen atoms in total. The highest BCUT2D eigenvalue weighted by Crippen LogP contribution is 2.35. The van der Waals surface area contributed by atoms with Crippen molar-refractivity contribution in [2.75, 3.05) is 18.9 Å². The van der Waals surface area contributed by atoms with Crippen molar-refractivity contribution in [3.05, 3.63) is 36.0 Å². The van der Waals surface area contributed by atoms with Crippen LogP contribution in [-0.2, 0) is 0 Å². The van der Waals surface area contributed by atoms with E-state index in [1.54, 1.807) is 6.20 Å². The standard InChI is InChI=1S/C15H16N2O2/c1-10-5-6-17-15(14(10)16)11-3-4-12-13(9-11)19-8-2-7-18-12/h3-6,9H,2,7-8,16H2,1H3. The molecule has 0 aliphatic carbocycles. The molecule has 98 valence electrons. The van der Waals surface area contributed by atoms with Crippen LogP contribution < -0.4 is 15.2 Å². The minimum atomic E-state index is 0.674. The number of ether oxygens (including phenoxy) is 2. The Bertz CT molecular complexity index is 611. The molecule has 3 rings (SSSR count). The molecule has 0 saturated carbocycles. The van der Waals surface area contributed by atoms with Crippen molar-refractivity contribution in [3.63, 3.8) is 0 Å². The number of fused-ring (bicyclic) bond motifs is 1. The second-order valence-electron chi connectivity index (χ2n) is 4.60. The maximum Gasteiger partial charge on any atom is 0.161 e. The molecule has 0 spiro atoms. The molecule has 0 radical (unpaired) electrons. The van der Waals surface area contributed by atoms with Crippen LogP contribution in [0.5, 0.6) is 11.5 Å². The van der Waals surface area contributed by atoms with Crippen LogP contribution in [0.4, 0.5) is 5.69 Å². The van der Waals surface area contributed by atoms with Crippen molar-refractivity contribution in [1.29, 1.82) is 0 Å². The molecule has 0 amide bonds. The highest BCUT2D eigenvalue weighted by atomic mass is 16.5. The molecule has 2 heterocycles. The molecule has 2 aromatic rings. The van der Waals surface area contributed by atoms with Crippen LogP contribution in [0, 0.1) is 6.92 Å². The normalized spacial score (nSPS) is 13.9. The Morgan fingerprint density at radius 3 is 2.74 bits per heavy atom. The molecule has 1 aromatic carbocycles. The zero-order chi connectivity index (χ0) is 13.2. The quantitative estimate of drug-likeness (QED) is 0.852. The first-order chi connectivity index (χ1) is 9.25. The number of aryl methyl sites for hydroxylation is 1. The van der Waals surface area contributed by atoms with Crippen LogP contribution in [-0.4, -0.2) is 18.2 Å². The minimum Gasteiger partial charge on any atom is -0.490 e. The molecule has 0 saturated heterocycles. The molecule has 19 heavy (non-hydrogen) atoms. The molecule has 1 aliphatic rings. The lowest BCUT2D eigenvalue weighted by molar-refractivity contribution is 0.297. The monoisotopic (exact) mass is 256 g/mol. The van der Waals surface area contributed by atoms with E-state index < -0.39 is 0 Å². The van der Waals surface area contributed by atoms with E-state index in [1.165, 1.54) is 0 Å². The predicted octanol–water partition coefficient (Wildman–Crippen LogP) is 2.80. The Morgan fingerprint density at radius 1 is 1.11 bits per heavy atom. The lowest BCUT2D eigenvalue weighted by atomic mass is 10.1. The number of anilines is 1. The molecule has 1 aromatic heterocycles. The van der Waals surface area contributed by atoms with Crippen LogP contribution >= 0.6 is 0 Å². The Labute approximate surface area is 112 Å². The highest BCUT2D eigenvalue weighted by molar-refractivity contribution is 5.76. The molecule has 4 heteroatoms. The molecular weight excluding hydrogens is 240 g/mol. The van der Waals surface area contributed by atoms with Gasteiger partial charge < -0.3 is 15.2 Å². The van der Waals surface area contributed by atoms with Gasteiger partial charge in [-0.15, -0.1) is 0 Å². The minimum absolute atomic E-state index is 0.674. The first kappa shape index (κ1) is 11.8. The average Bonchev–Trinajstić information content (AvgIpc) is 2.66. The number of nitrogens with two attached hydrogens (primary N) is 1. The van der Waals surface area contributed by atoms with E-state index in [2.05, 4.69) is 4.98 Å². The summed E-state index contributed by atoms with van der Waals surface area (Å²) in [6.07, 6.45) is 2.67. The molecule has 0 unspecified atom stereocenters. The second-order valence-corrected chi connectivity index (χ2v) is 4.60. The average molecular weight is 256 g/mol. The van der Waals surface area contributed by atoms with Crippen LogP contribution in [0.25, 0.3) is 11.3 Å². The number of nitrogen functional groups attached to an aromatic ring is 1. The fourth-order valence-electron chi connectivity index (χ4n) is 2.11. The molecule has 0 atom stereocenters. The molecule has 0 fully saturated rings. The van der Waals surface area contributed by atoms with Crippen molar-refractivity contribution in [2.45, 2.75) is 13.3 Å². The van der Waals surface area contributed by atoms with Crippen LogP contribution in [0.2, 0.25) is 0 Å². The lowest BCUT2D eigenvalue weighted by Crippen LogP contribution is -1.98. The first-order valence-electron chi connectivity index (χ1n) is 6.37. The fraction of sp³-hybridized carbons (Fsp3) is 0.267. The smallest absolute Gasteiger partial charge is 0.161 e. The summed E-state index contributed by atoms with van der Waals surface area (Å²) in [5.41, 5.74) is 9.55. The van der Waals surface area contributed by atoms with Crippen molar-refractivity contribution in [2.24, 2.45) is 0 Å². The van der Waals surface area contributed by atoms with Gasteiger partial charge in [-0.25, -0.2) is 0 Å². The number of pyridine rings is 1. The summed E-state index contributed by atoms with van der Waals surface area (Å²) >= 11 is 0. The summed E-state index contributed by atoms with van der Waals surface area (Å²) in [7, 11) is 0. The summed E-state index contributed by atoms with van der Waals surface area (Å²) in [5.74, 6) is 1.55. The van der Waals surface area contributed by atoms with E-state index in [9.17, 15) is 0 Å². The van der Waals surface area contributed by atoms with Gasteiger partial charge in [0.25, 0.3) is 0 Å². The molecule has 2 N–H and O–H groups in total. The molecule has 1 aliphatic heterocycles. The predicted molar refractivity (Wildman–Crippen MR) is 74.4 cm³/mol. The third-order valence-electron chi connectivity index (χ3n) is 3.23. The Morgan fingerprint density at radius 2 is 1.89 bits per heavy atom. The van der Waals surface area contributed by atoms with Gasteiger partial charge in [0.2, 0.25) is 0 Å². The third kappa shape index (κ3) is 2.21. The highest BCUT2D eigenvalue weighted by Gasteiger charge is 2.13. The van der Waals surface area contributed by atoms with Crippen molar-refractivity contribution in [1.82, 2.24) is 4.98 Å². The van der Waals surface area contributed by atoms with Gasteiger partial charge in [-0.3, -0.25) is 4.98 Å². The largest absolute Gasteiger partial charge is 0.490 e. The Kier molecular flexibility index (Phi) is 2.99. The molecule has 0 bridgehead atoms. The third-order valence-corrected chi connectivity index (χ3v) is 3.23. The zero-order valence-electron chi connectivity index (χ0n) is 10.8. The maximum atomic E-state index is 6.09. The summed E-state index contributed by atoms with van der Waals surface area (Å²) < 4.78 is 11.3. The van der Waals surface area contributed by atoms with Gasteiger partial charge >= 0.3 is 0 Å². The summed E-state index contributed by atoms with van der Waals surface area (Å²) in [6, 6.07) is 7.73. The van der Waals surface area contributed by atoms with E-state index in [-0.39, 0.29) is 0 Å². The first-order valence-corrected chi connectivity index (χ1v) is 6.37. The van der Waals surface area contributed by atoms with Gasteiger partial charge in [-0.2, -0.15) is 0 Å². The molecular formula is C15H16N2O2. The van der Waals surface area contributed by atoms with Gasteiger partial charge in [-0.05, 0) is 36.8 Å². The van der Waals surface area contributed by atoms with Crippen LogP contribution in [0.1, 0.15) is 12.0 Å². The van der Waals surface area contributed by atoms with Gasteiger partial charge in [0.1, 0.15) is 0 Å². The van der Waals surface area contributed by atoms with Crippen LogP contribution in [0.15, 0.2) is 30.5 Å². The van der Waals surface area contributed by atoms with Crippen molar-refractivity contribution in [3.8, 4) is 22.8 Å². The zero-order valence-corrected chi connectivity index (χ0v) is 10.8. The number of rotatable bonds is 1. The topological polar surface area (TPSA) is 57.4 Å². The van der Waals surface area contributed by atoms with Gasteiger partial charge in [-0.1, -0.05) is 0 Å². The number of aromatic nitrogens is 1. The number of nitrogens with zero attached hydrogens (tertiary/aromatic N) is 1. The number of hydrogen-bond acceptors (Lipinski definition) is 4. The summed E-state index contributed by atoms with van der Waals surface area (Å²) in [6.45, 7) is 3.34. The van der Waals surface area contributed by atoms with E-state index in [0.717, 1.165) is 34.7 Å². The summed E-state index contributed by atoms with van der Waals surface area (Å²) in [5, 5.41) is 0. The van der Waals surface area contributed by atoms with Crippen molar-refractivity contribution >= 4 is 5.69 Å². The Balaban J connectivity index is 2.06. The van der Waals surface area contributed by atoms with Gasteiger partial charge in [0, 0.05) is 18.2 Å². The Hall–Kier alpha value is -2.23. The maximum absolute atomic E-state index is 6.09. The summed E-state index contributed by atoms with van der Waals surface area (Å²) in [4.78, 5) is 4.36. The van der Waals surface area contributed by atoms with E-state index in [0.29, 0.717) is 18.9 Å². The number of hydrogen-bond donors (Lipinski definition) is 1. The van der Waals surface area contributed by atoms with E-state index in [4.69, 9.17) is 15.2 Å². The number of benzene rings is 1. The SMILES string of the molecule is Cc1ccnc(-c2ccc3c(c2)OCCCO3)c1N. The van der Waals surface area contributed by atoms with Gasteiger partial charge in [0.15, 0.2) is 11.5 Å². The lowest BCUT2D eigenvalue weighted by Gasteiger charge is -2.11. The fourth-order valence-corrected chi connectivity index (χ4v) is 2.11. The second kappa shape index (κ2) is 4.80. The van der Waals surface area contributed by atoms with E-state index in [1.807, 2.05) is 31.2 Å². The van der Waals surface area contributed by atoms with Gasteiger partial charge in [0.05, 0.1) is 24.6 Å². The van der Waals surface area contributed by atoms with E-state index >= 15 is 0 Å².